The highest BCUT2D eigenvalue weighted by Gasteiger charge is 2.30. The van der Waals surface area contributed by atoms with Gasteiger partial charge in [0.1, 0.15) is 11.4 Å². The van der Waals surface area contributed by atoms with E-state index in [4.69, 9.17) is 5.73 Å². The standard InChI is InChI=1S/C13H13IN2O2/c1-7(6-14)16-11-10(15)12(17)8-4-2-3-5-9(8)13(11)18/h2-5,7,16H,6,15H2,1H3. The Hall–Kier alpha value is -1.37. The third kappa shape index (κ3) is 2.14. The molecule has 1 aromatic carbocycles. The highest BCUT2D eigenvalue weighted by Crippen LogP contribution is 2.22. The van der Waals surface area contributed by atoms with Crippen molar-refractivity contribution in [3.8, 4) is 0 Å². The number of fused-ring (bicyclic) bond motifs is 1. The van der Waals surface area contributed by atoms with E-state index in [9.17, 15) is 9.59 Å². The monoisotopic (exact) mass is 356 g/mol. The number of hydrogen-bond donors (Lipinski definition) is 2. The van der Waals surface area contributed by atoms with Gasteiger partial charge in [-0.1, -0.05) is 46.9 Å². The SMILES string of the molecule is CC(CI)NC1=C(N)C(=O)c2ccccc2C1=O. The maximum atomic E-state index is 12.3. The van der Waals surface area contributed by atoms with Crippen molar-refractivity contribution >= 4 is 34.2 Å². The number of halogens is 1. The predicted molar refractivity (Wildman–Crippen MR) is 77.8 cm³/mol. The lowest BCUT2D eigenvalue weighted by atomic mass is 9.90. The topological polar surface area (TPSA) is 72.2 Å². The van der Waals surface area contributed by atoms with Gasteiger partial charge in [-0.15, -0.1) is 0 Å². The van der Waals surface area contributed by atoms with E-state index in [1.165, 1.54) is 0 Å². The molecule has 1 atom stereocenters. The second-order valence-electron chi connectivity index (χ2n) is 4.19. The van der Waals surface area contributed by atoms with E-state index in [1.807, 2.05) is 6.92 Å². The molecule has 0 fully saturated rings. The minimum absolute atomic E-state index is 0.00963. The number of carbonyl (C=O) groups excluding carboxylic acids is 2. The maximum Gasteiger partial charge on any atom is 0.211 e. The number of benzene rings is 1. The second-order valence-corrected chi connectivity index (χ2v) is 5.07. The summed E-state index contributed by atoms with van der Waals surface area (Å²) in [6.07, 6.45) is 0. The molecule has 3 N–H and O–H groups in total. The zero-order valence-corrected chi connectivity index (χ0v) is 12.0. The molecule has 0 heterocycles. The molecule has 1 aliphatic carbocycles. The third-order valence-electron chi connectivity index (χ3n) is 2.78. The molecular formula is C13H13IN2O2. The van der Waals surface area contributed by atoms with Gasteiger partial charge in [-0.2, -0.15) is 0 Å². The molecule has 0 spiro atoms. The van der Waals surface area contributed by atoms with Gasteiger partial charge in [0.25, 0.3) is 0 Å². The summed E-state index contributed by atoms with van der Waals surface area (Å²) in [4.78, 5) is 24.3. The number of alkyl halides is 1. The van der Waals surface area contributed by atoms with Crippen LogP contribution in [0.3, 0.4) is 0 Å². The van der Waals surface area contributed by atoms with Gasteiger partial charge < -0.3 is 11.1 Å². The summed E-state index contributed by atoms with van der Waals surface area (Å²) in [5.74, 6) is -0.493. The Labute approximate surface area is 119 Å². The quantitative estimate of drug-likeness (QED) is 0.638. The van der Waals surface area contributed by atoms with Gasteiger partial charge in [0.05, 0.1) is 0 Å². The number of nitrogens with one attached hydrogen (secondary N) is 1. The van der Waals surface area contributed by atoms with Crippen LogP contribution < -0.4 is 11.1 Å². The molecule has 0 saturated carbocycles. The van der Waals surface area contributed by atoms with Crippen molar-refractivity contribution in [1.82, 2.24) is 5.32 Å². The summed E-state index contributed by atoms with van der Waals surface area (Å²) in [7, 11) is 0. The lowest BCUT2D eigenvalue weighted by molar-refractivity contribution is 0.0966. The Morgan fingerprint density at radius 2 is 1.78 bits per heavy atom. The first-order valence-corrected chi connectivity index (χ1v) is 7.09. The fourth-order valence-corrected chi connectivity index (χ4v) is 2.04. The lowest BCUT2D eigenvalue weighted by Gasteiger charge is -2.22. The Bertz CT molecular complexity index is 552. The summed E-state index contributed by atoms with van der Waals surface area (Å²) in [6, 6.07) is 6.83. The molecule has 5 heteroatoms. The molecule has 1 aliphatic rings. The van der Waals surface area contributed by atoms with Crippen LogP contribution >= 0.6 is 22.6 Å². The number of ketones is 2. The van der Waals surface area contributed by atoms with E-state index < -0.39 is 0 Å². The molecule has 0 bridgehead atoms. The fraction of sp³-hybridized carbons (Fsp3) is 0.231. The van der Waals surface area contributed by atoms with Crippen LogP contribution in [0.2, 0.25) is 0 Å². The smallest absolute Gasteiger partial charge is 0.211 e. The molecule has 0 aliphatic heterocycles. The average molecular weight is 356 g/mol. The Morgan fingerprint density at radius 1 is 1.22 bits per heavy atom. The number of rotatable bonds is 3. The number of hydrogen-bond acceptors (Lipinski definition) is 4. The molecule has 2 rings (SSSR count). The molecule has 0 saturated heterocycles. The van der Waals surface area contributed by atoms with Crippen LogP contribution in [0, 0.1) is 0 Å². The van der Waals surface area contributed by atoms with E-state index in [2.05, 4.69) is 27.9 Å². The lowest BCUT2D eigenvalue weighted by Crippen LogP contribution is -2.38. The van der Waals surface area contributed by atoms with Crippen molar-refractivity contribution in [1.29, 1.82) is 0 Å². The first kappa shape index (κ1) is 13.1. The molecule has 0 amide bonds. The zero-order chi connectivity index (χ0) is 13.3. The summed E-state index contributed by atoms with van der Waals surface area (Å²) in [6.45, 7) is 1.94. The van der Waals surface area contributed by atoms with E-state index in [0.717, 1.165) is 4.43 Å². The summed E-state index contributed by atoms with van der Waals surface area (Å²) in [5.41, 5.74) is 6.81. The summed E-state index contributed by atoms with van der Waals surface area (Å²) >= 11 is 2.21. The van der Waals surface area contributed by atoms with Gasteiger partial charge in [0, 0.05) is 21.6 Å². The number of allylic oxidation sites excluding steroid dienone is 2. The molecule has 94 valence electrons. The van der Waals surface area contributed by atoms with Crippen molar-refractivity contribution in [2.75, 3.05) is 4.43 Å². The molecular weight excluding hydrogens is 343 g/mol. The van der Waals surface area contributed by atoms with E-state index in [1.54, 1.807) is 24.3 Å². The van der Waals surface area contributed by atoms with Crippen LogP contribution in [-0.2, 0) is 0 Å². The maximum absolute atomic E-state index is 12.3. The minimum atomic E-state index is -0.284. The van der Waals surface area contributed by atoms with Gasteiger partial charge in [0.15, 0.2) is 0 Å². The Balaban J connectivity index is 2.46. The minimum Gasteiger partial charge on any atom is -0.394 e. The predicted octanol–water partition coefficient (Wildman–Crippen LogP) is 1.65. The summed E-state index contributed by atoms with van der Waals surface area (Å²) < 4.78 is 0.817. The van der Waals surface area contributed by atoms with Crippen LogP contribution in [0.15, 0.2) is 35.7 Å². The van der Waals surface area contributed by atoms with Crippen LogP contribution in [0.5, 0.6) is 0 Å². The Morgan fingerprint density at radius 3 is 2.33 bits per heavy atom. The zero-order valence-electron chi connectivity index (χ0n) is 9.87. The van der Waals surface area contributed by atoms with Crippen molar-refractivity contribution in [2.45, 2.75) is 13.0 Å². The number of Topliss-reactive ketones (excluding diaryl/α,β-unsaturated/α-hetero) is 2. The van der Waals surface area contributed by atoms with Gasteiger partial charge in [-0.3, -0.25) is 9.59 Å². The number of carbonyl (C=O) groups is 2. The van der Waals surface area contributed by atoms with Gasteiger partial charge in [-0.05, 0) is 6.92 Å². The van der Waals surface area contributed by atoms with Gasteiger partial charge in [0.2, 0.25) is 11.6 Å². The first-order chi connectivity index (χ1) is 8.56. The molecule has 0 radical (unpaired) electrons. The van der Waals surface area contributed by atoms with Crippen molar-refractivity contribution < 1.29 is 9.59 Å². The van der Waals surface area contributed by atoms with Crippen molar-refractivity contribution in [2.24, 2.45) is 5.73 Å². The fourth-order valence-electron chi connectivity index (χ4n) is 1.82. The third-order valence-corrected chi connectivity index (χ3v) is 4.10. The van der Waals surface area contributed by atoms with Crippen LogP contribution in [-0.4, -0.2) is 22.0 Å². The van der Waals surface area contributed by atoms with E-state index >= 15 is 0 Å². The van der Waals surface area contributed by atoms with Crippen molar-refractivity contribution in [3.05, 3.63) is 46.8 Å². The normalized spacial score (nSPS) is 16.6. The molecule has 1 aromatic rings. The molecule has 4 nitrogen and oxygen atoms in total. The van der Waals surface area contributed by atoms with Gasteiger partial charge in [-0.25, -0.2) is 0 Å². The highest BCUT2D eigenvalue weighted by molar-refractivity contribution is 14.1. The molecule has 0 aromatic heterocycles. The number of nitrogens with two attached hydrogens (primary N) is 1. The highest BCUT2D eigenvalue weighted by atomic mass is 127. The second kappa shape index (κ2) is 5.09. The largest absolute Gasteiger partial charge is 0.394 e. The summed E-state index contributed by atoms with van der Waals surface area (Å²) in [5, 5.41) is 3.02. The van der Waals surface area contributed by atoms with E-state index in [0.29, 0.717) is 11.1 Å². The average Bonchev–Trinajstić information content (AvgIpc) is 2.40. The van der Waals surface area contributed by atoms with Crippen LogP contribution in [0.25, 0.3) is 0 Å². The van der Waals surface area contributed by atoms with E-state index in [-0.39, 0.29) is 29.0 Å². The molecule has 1 unspecified atom stereocenters. The first-order valence-electron chi connectivity index (χ1n) is 5.57. The Kier molecular flexibility index (Phi) is 3.70. The van der Waals surface area contributed by atoms with Gasteiger partial charge >= 0.3 is 0 Å². The van der Waals surface area contributed by atoms with Crippen LogP contribution in [0.1, 0.15) is 27.6 Å². The molecule has 18 heavy (non-hydrogen) atoms. The van der Waals surface area contributed by atoms with Crippen LogP contribution in [0.4, 0.5) is 0 Å². The van der Waals surface area contributed by atoms with Crippen molar-refractivity contribution in [3.63, 3.8) is 0 Å².